The van der Waals surface area contributed by atoms with E-state index in [1.807, 2.05) is 36.4 Å². The number of aromatic nitrogens is 9. The Morgan fingerprint density at radius 3 is 0.810 bits per heavy atom. The number of benzene rings is 14. The zero-order valence-electron chi connectivity index (χ0n) is 53.9. The Kier molecular flexibility index (Phi) is 13.1. The van der Waals surface area contributed by atoms with Crippen LogP contribution in [0.25, 0.3) is 189 Å². The van der Waals surface area contributed by atoms with E-state index in [0.29, 0.717) is 23.3 Å². The topological polar surface area (TPSA) is 84.2 Å². The maximum absolute atomic E-state index is 5.54. The van der Waals surface area contributed by atoms with Gasteiger partial charge in [-0.15, -0.1) is 0 Å². The first-order valence-corrected chi connectivity index (χ1v) is 33.8. The summed E-state index contributed by atoms with van der Waals surface area (Å²) in [4.78, 5) is 27.1. The molecule has 0 aliphatic heterocycles. The molecule has 0 atom stereocenters. The average molecular weight is 1280 g/mol. The number of para-hydroxylation sites is 8. The number of hydrogen-bond donors (Lipinski definition) is 0. The van der Waals surface area contributed by atoms with Crippen LogP contribution in [0, 0.1) is 0 Å². The molecule has 9 heteroatoms. The van der Waals surface area contributed by atoms with Crippen molar-refractivity contribution in [3.05, 3.63) is 346 Å². The van der Waals surface area contributed by atoms with E-state index in [1.54, 1.807) is 0 Å². The quantitative estimate of drug-likeness (QED) is 0.129. The lowest BCUT2D eigenvalue weighted by molar-refractivity contribution is 1.05. The molecular formula is C91H57N9. The third-order valence-corrected chi connectivity index (χ3v) is 19.8. The van der Waals surface area contributed by atoms with Gasteiger partial charge in [-0.3, -0.25) is 0 Å². The van der Waals surface area contributed by atoms with E-state index in [-0.39, 0.29) is 0 Å². The number of nitrogens with zero attached hydrogens (tertiary/aromatic N) is 9. The average Bonchev–Trinajstić information content (AvgIpc) is 1.54. The Hall–Kier alpha value is -13.6. The van der Waals surface area contributed by atoms with E-state index >= 15 is 0 Å². The normalized spacial score (nSPS) is 11.8. The van der Waals surface area contributed by atoms with Crippen molar-refractivity contribution in [3.8, 4) is 102 Å². The molecule has 9 nitrogen and oxygen atoms in total. The van der Waals surface area contributed by atoms with Crippen molar-refractivity contribution in [3.63, 3.8) is 0 Å². The SMILES string of the molecule is c1ccc(-c2cc(-c3ccccc3)nc(-c3cccc(-n4c5ccccc5c5ccccc54)c3-n3c4ccccc4c4cc(-c5ccc6c(c5)c5ccccc5n6-c5c(-c6nc(-c7ccccc7)nc(-c7ccccc7)n6)cccc5-n5c6ccccc6c6ccccc65)ccc43)n2)cc1. The lowest BCUT2D eigenvalue weighted by Crippen LogP contribution is -2.08. The summed E-state index contributed by atoms with van der Waals surface area (Å²) in [6.45, 7) is 0. The third kappa shape index (κ3) is 9.06. The van der Waals surface area contributed by atoms with Crippen molar-refractivity contribution in [1.82, 2.24) is 43.2 Å². The Labute approximate surface area is 574 Å². The first-order valence-electron chi connectivity index (χ1n) is 33.8. The van der Waals surface area contributed by atoms with Crippen LogP contribution in [0.5, 0.6) is 0 Å². The van der Waals surface area contributed by atoms with Crippen molar-refractivity contribution in [2.75, 3.05) is 0 Å². The minimum absolute atomic E-state index is 0.565. The van der Waals surface area contributed by atoms with E-state index in [2.05, 4.69) is 328 Å². The molecule has 14 aromatic carbocycles. The van der Waals surface area contributed by atoms with E-state index in [4.69, 9.17) is 24.9 Å². The highest BCUT2D eigenvalue weighted by atomic mass is 15.1. The first kappa shape index (κ1) is 56.7. The summed E-state index contributed by atoms with van der Waals surface area (Å²) in [6, 6.07) is 123. The molecule has 0 radical (unpaired) electrons. The summed E-state index contributed by atoms with van der Waals surface area (Å²) in [6.07, 6.45) is 0. The van der Waals surface area contributed by atoms with Crippen LogP contribution in [0.2, 0.25) is 0 Å². The van der Waals surface area contributed by atoms with Crippen LogP contribution < -0.4 is 0 Å². The van der Waals surface area contributed by atoms with Crippen molar-refractivity contribution < 1.29 is 0 Å². The smallest absolute Gasteiger partial charge is 0.166 e. The molecule has 20 aromatic rings. The fraction of sp³-hybridized carbons (Fsp3) is 0. The highest BCUT2D eigenvalue weighted by Crippen LogP contribution is 2.47. The van der Waals surface area contributed by atoms with Gasteiger partial charge in [0.05, 0.1) is 78.3 Å². The van der Waals surface area contributed by atoms with E-state index in [0.717, 1.165) is 144 Å². The fourth-order valence-electron chi connectivity index (χ4n) is 15.4. The molecule has 0 spiro atoms. The molecule has 6 heterocycles. The molecule has 20 rings (SSSR count). The van der Waals surface area contributed by atoms with Crippen LogP contribution in [0.4, 0.5) is 0 Å². The van der Waals surface area contributed by atoms with Crippen LogP contribution in [-0.2, 0) is 0 Å². The van der Waals surface area contributed by atoms with E-state index < -0.39 is 0 Å². The Morgan fingerprint density at radius 1 is 0.170 bits per heavy atom. The molecule has 0 amide bonds. The minimum Gasteiger partial charge on any atom is -0.307 e. The molecular weight excluding hydrogens is 1220 g/mol. The maximum Gasteiger partial charge on any atom is 0.166 e. The summed E-state index contributed by atoms with van der Waals surface area (Å²) in [5.41, 5.74) is 22.0. The Morgan fingerprint density at radius 2 is 0.450 bits per heavy atom. The van der Waals surface area contributed by atoms with Gasteiger partial charge in [-0.25, -0.2) is 24.9 Å². The zero-order chi connectivity index (χ0) is 65.8. The van der Waals surface area contributed by atoms with Crippen LogP contribution >= 0.6 is 0 Å². The molecule has 0 aliphatic rings. The molecule has 6 aromatic heterocycles. The highest BCUT2D eigenvalue weighted by Gasteiger charge is 2.28. The summed E-state index contributed by atoms with van der Waals surface area (Å²) in [5, 5.41) is 9.19. The summed E-state index contributed by atoms with van der Waals surface area (Å²) >= 11 is 0. The van der Waals surface area contributed by atoms with Crippen LogP contribution in [0.1, 0.15) is 0 Å². The van der Waals surface area contributed by atoms with Crippen LogP contribution in [0.3, 0.4) is 0 Å². The zero-order valence-corrected chi connectivity index (χ0v) is 53.9. The Bertz CT molecular complexity index is 6020. The highest BCUT2D eigenvalue weighted by molar-refractivity contribution is 6.16. The number of rotatable bonds is 11. The second-order valence-electron chi connectivity index (χ2n) is 25.5. The van der Waals surface area contributed by atoms with Gasteiger partial charge in [0.25, 0.3) is 0 Å². The predicted octanol–water partition coefficient (Wildman–Crippen LogP) is 22.7. The van der Waals surface area contributed by atoms with Gasteiger partial charge in [0.15, 0.2) is 23.3 Å². The van der Waals surface area contributed by atoms with Gasteiger partial charge in [0.1, 0.15) is 0 Å². The molecule has 0 saturated carbocycles. The largest absolute Gasteiger partial charge is 0.307 e. The van der Waals surface area contributed by atoms with Gasteiger partial charge in [-0.2, -0.15) is 0 Å². The number of hydrogen-bond acceptors (Lipinski definition) is 5. The summed E-state index contributed by atoms with van der Waals surface area (Å²) < 4.78 is 9.76. The van der Waals surface area contributed by atoms with Crippen molar-refractivity contribution >= 4 is 87.2 Å². The van der Waals surface area contributed by atoms with Gasteiger partial charge in [0.2, 0.25) is 0 Å². The molecule has 0 fully saturated rings. The molecule has 100 heavy (non-hydrogen) atoms. The lowest BCUT2D eigenvalue weighted by atomic mass is 10.0. The predicted molar refractivity (Wildman–Crippen MR) is 411 cm³/mol. The second-order valence-corrected chi connectivity index (χ2v) is 25.5. The second kappa shape index (κ2) is 23.0. The fourth-order valence-corrected chi connectivity index (χ4v) is 15.4. The van der Waals surface area contributed by atoms with E-state index in [9.17, 15) is 0 Å². The minimum atomic E-state index is 0.565. The molecule has 0 unspecified atom stereocenters. The monoisotopic (exact) mass is 1280 g/mol. The molecule has 0 aliphatic carbocycles. The van der Waals surface area contributed by atoms with Crippen LogP contribution in [-0.4, -0.2) is 43.2 Å². The van der Waals surface area contributed by atoms with Gasteiger partial charge < -0.3 is 18.3 Å². The van der Waals surface area contributed by atoms with E-state index in [1.165, 1.54) is 21.5 Å². The molecule has 0 saturated heterocycles. The standard InChI is InChI=1S/C91H57N9/c1-5-27-58(28-6-1)74-57-75(59-29-7-2-8-30-59)93-90(92-74)70-41-25-49-84(97-76-43-19-13-35-64(76)65-36-14-20-44-77(65)97)86(70)99-80-47-23-17-39-68(80)72-55-62(51-53-82(72)99)63-52-54-83-73(56-63)69-40-18-24-48-81(69)100(83)87-71(42-26-50-85(87)98-78-45-21-15-37-66(78)67-38-16-22-46-79(67)98)91-95-88(60-31-9-3-10-32-60)94-89(96-91)61-33-11-4-12-34-61/h1-57H. The third-order valence-electron chi connectivity index (χ3n) is 19.8. The van der Waals surface area contributed by atoms with Crippen molar-refractivity contribution in [2.45, 2.75) is 0 Å². The molecule has 466 valence electrons. The van der Waals surface area contributed by atoms with Gasteiger partial charge in [-0.05, 0) is 102 Å². The Balaban J connectivity index is 0.818. The van der Waals surface area contributed by atoms with Gasteiger partial charge >= 0.3 is 0 Å². The molecule has 0 N–H and O–H groups in total. The van der Waals surface area contributed by atoms with Gasteiger partial charge in [0, 0.05) is 76.5 Å². The summed E-state index contributed by atoms with van der Waals surface area (Å²) in [7, 11) is 0. The molecule has 0 bridgehead atoms. The van der Waals surface area contributed by atoms with Crippen molar-refractivity contribution in [1.29, 1.82) is 0 Å². The van der Waals surface area contributed by atoms with Gasteiger partial charge in [-0.1, -0.05) is 255 Å². The number of fused-ring (bicyclic) bond motifs is 12. The summed E-state index contributed by atoms with van der Waals surface area (Å²) in [5.74, 6) is 2.38. The van der Waals surface area contributed by atoms with Crippen molar-refractivity contribution in [2.24, 2.45) is 0 Å². The first-order chi connectivity index (χ1) is 49.6. The van der Waals surface area contributed by atoms with Crippen LogP contribution in [0.15, 0.2) is 346 Å². The lowest BCUT2D eigenvalue weighted by Gasteiger charge is -2.21. The maximum atomic E-state index is 5.54.